The van der Waals surface area contributed by atoms with Crippen molar-refractivity contribution in [3.8, 4) is 16.8 Å². The maximum atomic E-state index is 2.50. The predicted octanol–water partition coefficient (Wildman–Crippen LogP) is 9.40. The molecule has 8 rings (SSSR count). The van der Waals surface area contributed by atoms with Gasteiger partial charge in [0, 0.05) is 27.0 Å². The van der Waals surface area contributed by atoms with E-state index in [1.54, 1.807) is 0 Å². The molecule has 0 saturated carbocycles. The first-order chi connectivity index (χ1) is 17.6. The second-order valence-electron chi connectivity index (χ2n) is 10.6. The monoisotopic (exact) mass is 459 g/mol. The van der Waals surface area contributed by atoms with Gasteiger partial charge in [-0.2, -0.15) is 0 Å². The van der Waals surface area contributed by atoms with E-state index in [4.69, 9.17) is 0 Å². The molecule has 36 heavy (non-hydrogen) atoms. The zero-order valence-corrected chi connectivity index (χ0v) is 20.4. The SMILES string of the molecule is CC1(C)c2ccccc2-c2ccc3c(ccc4c5ccccc5n(-c5cccc6ccccc56)c34)c21. The van der Waals surface area contributed by atoms with Gasteiger partial charge in [-0.25, -0.2) is 0 Å². The summed E-state index contributed by atoms with van der Waals surface area (Å²) in [5, 5.41) is 7.80. The van der Waals surface area contributed by atoms with Crippen LogP contribution >= 0.6 is 0 Å². The minimum absolute atomic E-state index is 0.0462. The van der Waals surface area contributed by atoms with E-state index in [1.165, 1.54) is 71.3 Å². The maximum absolute atomic E-state index is 2.50. The van der Waals surface area contributed by atoms with Gasteiger partial charge >= 0.3 is 0 Å². The van der Waals surface area contributed by atoms with Gasteiger partial charge in [0.1, 0.15) is 0 Å². The number of fused-ring (bicyclic) bond motifs is 10. The molecule has 0 atom stereocenters. The molecule has 0 radical (unpaired) electrons. The molecule has 7 aromatic rings. The molecule has 170 valence electrons. The van der Waals surface area contributed by atoms with E-state index >= 15 is 0 Å². The Morgan fingerprint density at radius 1 is 0.500 bits per heavy atom. The zero-order valence-electron chi connectivity index (χ0n) is 20.4. The molecule has 6 aromatic carbocycles. The van der Waals surface area contributed by atoms with Gasteiger partial charge in [0.2, 0.25) is 0 Å². The fourth-order valence-corrected chi connectivity index (χ4v) is 6.81. The minimum Gasteiger partial charge on any atom is -0.308 e. The third-order valence-electron chi connectivity index (χ3n) is 8.35. The van der Waals surface area contributed by atoms with Crippen molar-refractivity contribution in [1.82, 2.24) is 4.57 Å². The van der Waals surface area contributed by atoms with E-state index in [0.29, 0.717) is 0 Å². The summed E-state index contributed by atoms with van der Waals surface area (Å²) in [5.74, 6) is 0. The van der Waals surface area contributed by atoms with Gasteiger partial charge in [-0.3, -0.25) is 0 Å². The van der Waals surface area contributed by atoms with Crippen LogP contribution in [0.25, 0.3) is 60.2 Å². The molecule has 0 fully saturated rings. The van der Waals surface area contributed by atoms with E-state index in [1.807, 2.05) is 0 Å². The molecule has 0 N–H and O–H groups in total. The van der Waals surface area contributed by atoms with Crippen molar-refractivity contribution in [2.45, 2.75) is 19.3 Å². The van der Waals surface area contributed by atoms with Crippen LogP contribution in [-0.2, 0) is 5.41 Å². The van der Waals surface area contributed by atoms with Gasteiger partial charge < -0.3 is 4.57 Å². The number of nitrogens with zero attached hydrogens (tertiary/aromatic N) is 1. The van der Waals surface area contributed by atoms with Crippen LogP contribution < -0.4 is 0 Å². The Labute approximate surface area is 210 Å². The first kappa shape index (κ1) is 19.9. The van der Waals surface area contributed by atoms with Crippen LogP contribution in [0, 0.1) is 0 Å². The Hall–Kier alpha value is -4.36. The Bertz CT molecular complexity index is 2010. The van der Waals surface area contributed by atoms with E-state index in [0.717, 1.165) is 0 Å². The Balaban J connectivity index is 1.58. The van der Waals surface area contributed by atoms with Crippen molar-refractivity contribution in [3.63, 3.8) is 0 Å². The Morgan fingerprint density at radius 3 is 2.08 bits per heavy atom. The third kappa shape index (κ3) is 2.40. The highest BCUT2D eigenvalue weighted by Gasteiger charge is 2.36. The standard InChI is InChI=1S/C35H25N/c1-35(2)30-15-7-5-13-24(30)26-18-21-29-27(33(26)35)19-20-28-25-14-6-8-16-32(25)36(34(28)29)31-17-9-11-22-10-3-4-12-23(22)31/h3-21H,1-2H3. The predicted molar refractivity (Wildman–Crippen MR) is 153 cm³/mol. The van der Waals surface area contributed by atoms with Crippen LogP contribution in [0.3, 0.4) is 0 Å². The second kappa shape index (κ2) is 6.86. The molecule has 1 aliphatic carbocycles. The molecule has 1 nitrogen and oxygen atoms in total. The lowest BCUT2D eigenvalue weighted by atomic mass is 9.80. The summed E-state index contributed by atoms with van der Waals surface area (Å²) in [6.45, 7) is 4.75. The van der Waals surface area contributed by atoms with Crippen molar-refractivity contribution in [2.75, 3.05) is 0 Å². The van der Waals surface area contributed by atoms with Gasteiger partial charge in [-0.15, -0.1) is 0 Å². The quantitative estimate of drug-likeness (QED) is 0.230. The summed E-state index contributed by atoms with van der Waals surface area (Å²) < 4.78 is 2.50. The van der Waals surface area contributed by atoms with Crippen LogP contribution in [-0.4, -0.2) is 4.57 Å². The Kier molecular flexibility index (Phi) is 3.79. The molecule has 1 heteroatoms. The largest absolute Gasteiger partial charge is 0.308 e. The summed E-state index contributed by atoms with van der Waals surface area (Å²) in [5.41, 5.74) is 9.33. The summed E-state index contributed by atoms with van der Waals surface area (Å²) in [7, 11) is 0. The molecule has 1 heterocycles. The molecule has 0 unspecified atom stereocenters. The first-order valence-corrected chi connectivity index (χ1v) is 12.7. The molecular weight excluding hydrogens is 434 g/mol. The fourth-order valence-electron chi connectivity index (χ4n) is 6.81. The van der Waals surface area contributed by atoms with Crippen molar-refractivity contribution in [2.24, 2.45) is 0 Å². The molecule has 1 aliphatic rings. The van der Waals surface area contributed by atoms with Gasteiger partial charge in [0.15, 0.2) is 0 Å². The highest BCUT2D eigenvalue weighted by atomic mass is 15.0. The number of para-hydroxylation sites is 1. The van der Waals surface area contributed by atoms with Crippen LogP contribution in [0.5, 0.6) is 0 Å². The molecule has 0 spiro atoms. The molecule has 0 bridgehead atoms. The van der Waals surface area contributed by atoms with E-state index in [2.05, 4.69) is 134 Å². The lowest BCUT2D eigenvalue weighted by Gasteiger charge is -2.23. The number of benzene rings is 6. The van der Waals surface area contributed by atoms with Gasteiger partial charge in [-0.1, -0.05) is 117 Å². The van der Waals surface area contributed by atoms with Crippen LogP contribution in [0.15, 0.2) is 115 Å². The molecule has 0 amide bonds. The van der Waals surface area contributed by atoms with Crippen molar-refractivity contribution >= 4 is 43.4 Å². The van der Waals surface area contributed by atoms with E-state index in [9.17, 15) is 0 Å². The van der Waals surface area contributed by atoms with Crippen molar-refractivity contribution in [1.29, 1.82) is 0 Å². The van der Waals surface area contributed by atoms with Crippen LogP contribution in [0.2, 0.25) is 0 Å². The summed E-state index contributed by atoms with van der Waals surface area (Å²) in [4.78, 5) is 0. The van der Waals surface area contributed by atoms with E-state index < -0.39 is 0 Å². The van der Waals surface area contributed by atoms with Gasteiger partial charge in [0.25, 0.3) is 0 Å². The minimum atomic E-state index is -0.0462. The van der Waals surface area contributed by atoms with Gasteiger partial charge in [-0.05, 0) is 45.2 Å². The van der Waals surface area contributed by atoms with Crippen LogP contribution in [0.4, 0.5) is 0 Å². The van der Waals surface area contributed by atoms with Crippen molar-refractivity contribution < 1.29 is 0 Å². The lowest BCUT2D eigenvalue weighted by Crippen LogP contribution is -2.15. The lowest BCUT2D eigenvalue weighted by molar-refractivity contribution is 0.666. The highest BCUT2D eigenvalue weighted by Crippen LogP contribution is 2.52. The smallest absolute Gasteiger partial charge is 0.0619 e. The molecule has 1 aromatic heterocycles. The van der Waals surface area contributed by atoms with E-state index in [-0.39, 0.29) is 5.41 Å². The number of hydrogen-bond donors (Lipinski definition) is 0. The highest BCUT2D eigenvalue weighted by molar-refractivity contribution is 6.20. The molecule has 0 saturated heterocycles. The van der Waals surface area contributed by atoms with Crippen molar-refractivity contribution in [3.05, 3.63) is 126 Å². The maximum Gasteiger partial charge on any atom is 0.0619 e. The zero-order chi connectivity index (χ0) is 24.0. The third-order valence-corrected chi connectivity index (χ3v) is 8.35. The average Bonchev–Trinajstić information content (AvgIpc) is 3.38. The number of rotatable bonds is 1. The average molecular weight is 460 g/mol. The molecular formula is C35H25N. The summed E-state index contributed by atoms with van der Waals surface area (Å²) >= 11 is 0. The normalized spacial score (nSPS) is 14.1. The molecule has 0 aliphatic heterocycles. The van der Waals surface area contributed by atoms with Crippen LogP contribution in [0.1, 0.15) is 25.0 Å². The Morgan fingerprint density at radius 2 is 1.17 bits per heavy atom. The second-order valence-corrected chi connectivity index (χ2v) is 10.6. The fraction of sp³-hybridized carbons (Fsp3) is 0.0857. The number of aromatic nitrogens is 1. The first-order valence-electron chi connectivity index (χ1n) is 12.7. The summed E-state index contributed by atoms with van der Waals surface area (Å²) in [6.07, 6.45) is 0. The number of hydrogen-bond acceptors (Lipinski definition) is 0. The van der Waals surface area contributed by atoms with Gasteiger partial charge in [0.05, 0.1) is 16.7 Å². The topological polar surface area (TPSA) is 4.93 Å². The summed E-state index contributed by atoms with van der Waals surface area (Å²) in [6, 6.07) is 42.5.